The van der Waals surface area contributed by atoms with Crippen LogP contribution in [0, 0.1) is 6.92 Å². The van der Waals surface area contributed by atoms with Gasteiger partial charge in [0, 0.05) is 16.6 Å². The van der Waals surface area contributed by atoms with Crippen molar-refractivity contribution in [2.24, 2.45) is 0 Å². The lowest BCUT2D eigenvalue weighted by atomic mass is 10.1. The van der Waals surface area contributed by atoms with Gasteiger partial charge < -0.3 is 0 Å². The molecule has 16 heavy (non-hydrogen) atoms. The van der Waals surface area contributed by atoms with Crippen molar-refractivity contribution in [3.05, 3.63) is 51.5 Å². The standard InChI is InChI=1S/C12H9NO2S/c1-8-10(6-9(7-14)16-8)12(15)11-4-2-3-5-13-11/h2-7H,1H3. The summed E-state index contributed by atoms with van der Waals surface area (Å²) in [6.07, 6.45) is 2.34. The fourth-order valence-electron chi connectivity index (χ4n) is 1.42. The van der Waals surface area contributed by atoms with Crippen LogP contribution in [0.3, 0.4) is 0 Å². The number of nitrogens with zero attached hydrogens (tertiary/aromatic N) is 1. The SMILES string of the molecule is Cc1sc(C=O)cc1C(=O)c1ccccn1. The molecule has 0 fully saturated rings. The first-order valence-electron chi connectivity index (χ1n) is 4.73. The predicted octanol–water partition coefficient (Wildman–Crippen LogP) is 2.50. The molecule has 0 spiro atoms. The molecule has 0 aliphatic carbocycles. The van der Waals surface area contributed by atoms with Crippen LogP contribution in [0.4, 0.5) is 0 Å². The second-order valence-electron chi connectivity index (χ2n) is 3.28. The average molecular weight is 231 g/mol. The van der Waals surface area contributed by atoms with Crippen molar-refractivity contribution >= 4 is 23.4 Å². The van der Waals surface area contributed by atoms with E-state index < -0.39 is 0 Å². The largest absolute Gasteiger partial charge is 0.297 e. The molecule has 0 aliphatic heterocycles. The number of aryl methyl sites for hydroxylation is 1. The van der Waals surface area contributed by atoms with Crippen LogP contribution in [0.1, 0.15) is 30.6 Å². The number of rotatable bonds is 3. The summed E-state index contributed by atoms with van der Waals surface area (Å²) in [6.45, 7) is 1.83. The van der Waals surface area contributed by atoms with Gasteiger partial charge >= 0.3 is 0 Å². The molecule has 0 saturated heterocycles. The highest BCUT2D eigenvalue weighted by molar-refractivity contribution is 7.14. The van der Waals surface area contributed by atoms with Crippen molar-refractivity contribution in [1.29, 1.82) is 0 Å². The Morgan fingerprint density at radius 3 is 2.81 bits per heavy atom. The third kappa shape index (κ3) is 1.92. The molecule has 0 unspecified atom stereocenters. The first kappa shape index (κ1) is 10.7. The molecule has 2 rings (SSSR count). The Morgan fingerprint density at radius 2 is 2.25 bits per heavy atom. The van der Waals surface area contributed by atoms with Gasteiger partial charge in [0.2, 0.25) is 5.78 Å². The second kappa shape index (κ2) is 4.37. The molecule has 3 nitrogen and oxygen atoms in total. The summed E-state index contributed by atoms with van der Waals surface area (Å²) < 4.78 is 0. The zero-order valence-corrected chi connectivity index (χ0v) is 9.45. The molecular weight excluding hydrogens is 222 g/mol. The lowest BCUT2D eigenvalue weighted by molar-refractivity contribution is 0.103. The van der Waals surface area contributed by atoms with E-state index in [1.807, 2.05) is 6.92 Å². The van der Waals surface area contributed by atoms with Crippen LogP contribution in [-0.2, 0) is 0 Å². The minimum Gasteiger partial charge on any atom is -0.297 e. The normalized spacial score (nSPS) is 10.1. The van der Waals surface area contributed by atoms with Gasteiger partial charge in [0.15, 0.2) is 6.29 Å². The Labute approximate surface area is 96.8 Å². The molecule has 0 atom stereocenters. The summed E-state index contributed by atoms with van der Waals surface area (Å²) in [5, 5.41) is 0. The predicted molar refractivity (Wildman–Crippen MR) is 62.1 cm³/mol. The highest BCUT2D eigenvalue weighted by Crippen LogP contribution is 2.22. The average Bonchev–Trinajstić information content (AvgIpc) is 2.71. The van der Waals surface area contributed by atoms with E-state index in [1.165, 1.54) is 11.3 Å². The molecule has 80 valence electrons. The lowest BCUT2D eigenvalue weighted by Crippen LogP contribution is -2.03. The van der Waals surface area contributed by atoms with E-state index in [9.17, 15) is 9.59 Å². The van der Waals surface area contributed by atoms with Gasteiger partial charge in [-0.2, -0.15) is 0 Å². The number of carbonyl (C=O) groups is 2. The second-order valence-corrected chi connectivity index (χ2v) is 4.57. The van der Waals surface area contributed by atoms with E-state index in [2.05, 4.69) is 4.98 Å². The van der Waals surface area contributed by atoms with Crippen molar-refractivity contribution < 1.29 is 9.59 Å². The van der Waals surface area contributed by atoms with Crippen LogP contribution < -0.4 is 0 Å². The van der Waals surface area contributed by atoms with Gasteiger partial charge in [0.1, 0.15) is 5.69 Å². The van der Waals surface area contributed by atoms with Gasteiger partial charge in [-0.15, -0.1) is 11.3 Å². The van der Waals surface area contributed by atoms with Gasteiger partial charge in [-0.05, 0) is 25.1 Å². The number of aldehydes is 1. The smallest absolute Gasteiger partial charge is 0.212 e. The van der Waals surface area contributed by atoms with Gasteiger partial charge in [0.25, 0.3) is 0 Å². The van der Waals surface area contributed by atoms with E-state index in [1.54, 1.807) is 30.5 Å². The van der Waals surface area contributed by atoms with Crippen LogP contribution in [0.5, 0.6) is 0 Å². The molecule has 2 aromatic rings. The number of ketones is 1. The van der Waals surface area contributed by atoms with Crippen LogP contribution in [-0.4, -0.2) is 17.1 Å². The highest BCUT2D eigenvalue weighted by atomic mass is 32.1. The number of hydrogen-bond acceptors (Lipinski definition) is 4. The summed E-state index contributed by atoms with van der Waals surface area (Å²) in [5.74, 6) is -0.137. The first-order chi connectivity index (χ1) is 7.72. The Kier molecular flexibility index (Phi) is 2.92. The number of hydrogen-bond donors (Lipinski definition) is 0. The molecule has 0 saturated carbocycles. The molecule has 0 radical (unpaired) electrons. The van der Waals surface area contributed by atoms with Crippen molar-refractivity contribution in [2.45, 2.75) is 6.92 Å². The van der Waals surface area contributed by atoms with E-state index in [-0.39, 0.29) is 5.78 Å². The van der Waals surface area contributed by atoms with Gasteiger partial charge in [-0.3, -0.25) is 14.6 Å². The minimum absolute atomic E-state index is 0.137. The zero-order chi connectivity index (χ0) is 11.5. The number of thiophene rings is 1. The van der Waals surface area contributed by atoms with Crippen LogP contribution >= 0.6 is 11.3 Å². The number of carbonyl (C=O) groups excluding carboxylic acids is 2. The van der Waals surface area contributed by atoms with Crippen molar-refractivity contribution in [1.82, 2.24) is 4.98 Å². The van der Waals surface area contributed by atoms with Crippen molar-refractivity contribution in [2.75, 3.05) is 0 Å². The molecule has 0 N–H and O–H groups in total. The number of aromatic nitrogens is 1. The zero-order valence-electron chi connectivity index (χ0n) is 8.64. The molecule has 0 amide bonds. The summed E-state index contributed by atoms with van der Waals surface area (Å²) in [5.41, 5.74) is 0.964. The van der Waals surface area contributed by atoms with Gasteiger partial charge in [-0.25, -0.2) is 0 Å². The molecule has 4 heteroatoms. The van der Waals surface area contributed by atoms with E-state index in [0.717, 1.165) is 11.2 Å². The Bertz CT molecular complexity index is 531. The van der Waals surface area contributed by atoms with Gasteiger partial charge in [0.05, 0.1) is 4.88 Å². The van der Waals surface area contributed by atoms with E-state index in [4.69, 9.17) is 0 Å². The molecule has 2 heterocycles. The van der Waals surface area contributed by atoms with Crippen molar-refractivity contribution in [3.63, 3.8) is 0 Å². The topological polar surface area (TPSA) is 47.0 Å². The van der Waals surface area contributed by atoms with Crippen LogP contribution in [0.2, 0.25) is 0 Å². The maximum Gasteiger partial charge on any atom is 0.212 e. The first-order valence-corrected chi connectivity index (χ1v) is 5.55. The molecule has 2 aromatic heterocycles. The monoisotopic (exact) mass is 231 g/mol. The van der Waals surface area contributed by atoms with E-state index in [0.29, 0.717) is 16.1 Å². The minimum atomic E-state index is -0.137. The fraction of sp³-hybridized carbons (Fsp3) is 0.0833. The summed E-state index contributed by atoms with van der Waals surface area (Å²) in [6, 6.07) is 6.81. The molecule has 0 aromatic carbocycles. The van der Waals surface area contributed by atoms with Crippen LogP contribution in [0.15, 0.2) is 30.5 Å². The molecular formula is C12H9NO2S. The highest BCUT2D eigenvalue weighted by Gasteiger charge is 2.15. The lowest BCUT2D eigenvalue weighted by Gasteiger charge is -1.97. The van der Waals surface area contributed by atoms with Gasteiger partial charge in [-0.1, -0.05) is 6.07 Å². The third-order valence-corrected chi connectivity index (χ3v) is 3.17. The quantitative estimate of drug-likeness (QED) is 0.602. The summed E-state index contributed by atoms with van der Waals surface area (Å²) in [4.78, 5) is 28.0. The van der Waals surface area contributed by atoms with E-state index >= 15 is 0 Å². The maximum atomic E-state index is 12.0. The van der Waals surface area contributed by atoms with Crippen molar-refractivity contribution in [3.8, 4) is 0 Å². The molecule has 0 aliphatic rings. The third-order valence-electron chi connectivity index (χ3n) is 2.20. The fourth-order valence-corrected chi connectivity index (χ4v) is 2.26. The Hall–Kier alpha value is -1.81. The number of pyridine rings is 1. The Morgan fingerprint density at radius 1 is 1.44 bits per heavy atom. The summed E-state index contributed by atoms with van der Waals surface area (Å²) in [7, 11) is 0. The Balaban J connectivity index is 2.41. The van der Waals surface area contributed by atoms with Crippen LogP contribution in [0.25, 0.3) is 0 Å². The maximum absolute atomic E-state index is 12.0. The summed E-state index contributed by atoms with van der Waals surface area (Å²) >= 11 is 1.32. The molecule has 0 bridgehead atoms.